The second-order valence-electron chi connectivity index (χ2n) is 5.98. The van der Waals surface area contributed by atoms with Gasteiger partial charge in [0.05, 0.1) is 30.6 Å². The number of carbonyl (C=O) groups is 1. The molecular weight excluding hydrogens is 401 g/mol. The second-order valence-corrected chi connectivity index (χ2v) is 6.39. The third kappa shape index (κ3) is 5.18. The lowest BCUT2D eigenvalue weighted by Gasteiger charge is -2.12. The molecule has 0 saturated heterocycles. The minimum absolute atomic E-state index is 0.0111. The number of carbonyl (C=O) groups excluding carboxylic acids is 1. The lowest BCUT2D eigenvalue weighted by molar-refractivity contribution is 0.100. The largest absolute Gasteiger partial charge is 0.383 e. The molecule has 1 aromatic carbocycles. The molecule has 0 bridgehead atoms. The topological polar surface area (TPSA) is 120 Å². The van der Waals surface area contributed by atoms with Crippen molar-refractivity contribution in [3.8, 4) is 0 Å². The monoisotopic (exact) mass is 419 g/mol. The molecule has 0 aliphatic carbocycles. The summed E-state index contributed by atoms with van der Waals surface area (Å²) in [5, 5.41) is 10.3. The fraction of sp³-hybridized carbons (Fsp3) is 0.222. The van der Waals surface area contributed by atoms with Gasteiger partial charge in [-0.25, -0.2) is 9.37 Å². The fourth-order valence-corrected chi connectivity index (χ4v) is 2.72. The highest BCUT2D eigenvalue weighted by atomic mass is 35.5. The van der Waals surface area contributed by atoms with Crippen LogP contribution < -0.4 is 16.4 Å². The molecule has 152 valence electrons. The number of nitrogens with two attached hydrogens (primary N) is 1. The van der Waals surface area contributed by atoms with Crippen LogP contribution in [0.3, 0.4) is 0 Å². The maximum Gasteiger partial charge on any atom is 0.254 e. The van der Waals surface area contributed by atoms with Crippen LogP contribution in [0.2, 0.25) is 5.02 Å². The van der Waals surface area contributed by atoms with Gasteiger partial charge >= 0.3 is 0 Å². The molecule has 3 rings (SSSR count). The van der Waals surface area contributed by atoms with Gasteiger partial charge in [0.15, 0.2) is 0 Å². The van der Waals surface area contributed by atoms with E-state index >= 15 is 0 Å². The zero-order chi connectivity index (χ0) is 20.8. The Morgan fingerprint density at radius 2 is 2.21 bits per heavy atom. The van der Waals surface area contributed by atoms with Crippen LogP contribution in [0.4, 0.5) is 21.8 Å². The van der Waals surface area contributed by atoms with Gasteiger partial charge in [-0.3, -0.25) is 9.48 Å². The summed E-state index contributed by atoms with van der Waals surface area (Å²) in [7, 11) is 1.61. The number of methoxy groups -OCH3 is 1. The molecule has 0 aliphatic heterocycles. The summed E-state index contributed by atoms with van der Waals surface area (Å²) in [6, 6.07) is 4.38. The maximum absolute atomic E-state index is 14.0. The van der Waals surface area contributed by atoms with E-state index in [2.05, 4.69) is 25.7 Å². The third-order valence-corrected chi connectivity index (χ3v) is 4.32. The summed E-state index contributed by atoms with van der Waals surface area (Å²) in [6.07, 6.45) is 4.65. The summed E-state index contributed by atoms with van der Waals surface area (Å²) < 4.78 is 20.7. The quantitative estimate of drug-likeness (QED) is 0.487. The number of amides is 1. The lowest BCUT2D eigenvalue weighted by Crippen LogP contribution is -2.17. The van der Waals surface area contributed by atoms with Crippen molar-refractivity contribution in [2.45, 2.75) is 13.1 Å². The zero-order valence-corrected chi connectivity index (χ0v) is 16.3. The number of ether oxygens (including phenoxy) is 1. The van der Waals surface area contributed by atoms with E-state index in [9.17, 15) is 9.18 Å². The molecule has 11 heteroatoms. The molecule has 0 fully saturated rings. The predicted octanol–water partition coefficient (Wildman–Crippen LogP) is 2.57. The smallest absolute Gasteiger partial charge is 0.254 e. The first kappa shape index (κ1) is 20.5. The first-order valence-corrected chi connectivity index (χ1v) is 8.97. The SMILES string of the molecule is COCCn1cc(Nc2ncc(C(N)=O)c(NCc3c(F)cccc3Cl)n2)cn1. The van der Waals surface area contributed by atoms with Crippen LogP contribution in [0.15, 0.2) is 36.8 Å². The Kier molecular flexibility index (Phi) is 6.57. The van der Waals surface area contributed by atoms with E-state index in [4.69, 9.17) is 22.1 Å². The highest BCUT2D eigenvalue weighted by Crippen LogP contribution is 2.22. The summed E-state index contributed by atoms with van der Waals surface area (Å²) in [6.45, 7) is 1.13. The standard InChI is InChI=1S/C18H19ClFN7O2/c1-29-6-5-27-10-11(7-24-27)25-18-23-9-13(16(21)28)17(26-18)22-8-12-14(19)3-2-4-15(12)20/h2-4,7,9-10H,5-6,8H2,1H3,(H2,21,28)(H2,22,23,25,26). The number of halogens is 2. The summed E-state index contributed by atoms with van der Waals surface area (Å²) >= 11 is 6.04. The van der Waals surface area contributed by atoms with Crippen molar-refractivity contribution in [2.75, 3.05) is 24.4 Å². The molecule has 0 unspecified atom stereocenters. The van der Waals surface area contributed by atoms with Gasteiger partial charge in [0.1, 0.15) is 11.6 Å². The predicted molar refractivity (Wildman–Crippen MR) is 107 cm³/mol. The number of benzene rings is 1. The fourth-order valence-electron chi connectivity index (χ4n) is 2.49. The van der Waals surface area contributed by atoms with E-state index in [-0.39, 0.29) is 34.5 Å². The summed E-state index contributed by atoms with van der Waals surface area (Å²) in [5.41, 5.74) is 6.36. The molecule has 0 aliphatic rings. The van der Waals surface area contributed by atoms with Gasteiger partial charge in [-0.2, -0.15) is 10.1 Å². The van der Waals surface area contributed by atoms with E-state index in [0.717, 1.165) is 0 Å². The Morgan fingerprint density at radius 3 is 2.93 bits per heavy atom. The van der Waals surface area contributed by atoms with Gasteiger partial charge in [-0.15, -0.1) is 0 Å². The van der Waals surface area contributed by atoms with Crippen molar-refractivity contribution < 1.29 is 13.9 Å². The molecule has 1 amide bonds. The zero-order valence-electron chi connectivity index (χ0n) is 15.5. The van der Waals surface area contributed by atoms with Crippen molar-refractivity contribution in [3.63, 3.8) is 0 Å². The van der Waals surface area contributed by atoms with E-state index in [1.165, 1.54) is 18.3 Å². The van der Waals surface area contributed by atoms with Crippen LogP contribution in [0, 0.1) is 5.82 Å². The first-order valence-electron chi connectivity index (χ1n) is 8.60. The lowest BCUT2D eigenvalue weighted by atomic mass is 10.2. The Morgan fingerprint density at radius 1 is 1.38 bits per heavy atom. The number of primary amides is 1. The average molecular weight is 420 g/mol. The molecular formula is C18H19ClFN7O2. The van der Waals surface area contributed by atoms with Crippen LogP contribution in [0.5, 0.6) is 0 Å². The normalized spacial score (nSPS) is 10.7. The van der Waals surface area contributed by atoms with Crippen LogP contribution in [0.25, 0.3) is 0 Å². The van der Waals surface area contributed by atoms with Crippen molar-refractivity contribution in [3.05, 3.63) is 58.8 Å². The van der Waals surface area contributed by atoms with E-state index in [1.807, 2.05) is 0 Å². The van der Waals surface area contributed by atoms with Crippen LogP contribution in [-0.4, -0.2) is 39.4 Å². The summed E-state index contributed by atoms with van der Waals surface area (Å²) in [5.74, 6) is -0.822. The van der Waals surface area contributed by atoms with Crippen LogP contribution >= 0.6 is 11.6 Å². The van der Waals surface area contributed by atoms with E-state index in [1.54, 1.807) is 30.3 Å². The summed E-state index contributed by atoms with van der Waals surface area (Å²) in [4.78, 5) is 20.1. The van der Waals surface area contributed by atoms with Crippen LogP contribution in [-0.2, 0) is 17.8 Å². The highest BCUT2D eigenvalue weighted by Gasteiger charge is 2.14. The number of nitrogens with zero attached hydrogens (tertiary/aromatic N) is 4. The second kappa shape index (κ2) is 9.30. The molecule has 4 N–H and O–H groups in total. The van der Waals surface area contributed by atoms with Gasteiger partial charge in [0.25, 0.3) is 5.91 Å². The third-order valence-electron chi connectivity index (χ3n) is 3.96. The number of nitrogens with one attached hydrogen (secondary N) is 2. The maximum atomic E-state index is 14.0. The van der Waals surface area contributed by atoms with Crippen molar-refractivity contribution >= 4 is 35.0 Å². The average Bonchev–Trinajstić information content (AvgIpc) is 3.13. The number of hydrogen-bond donors (Lipinski definition) is 3. The number of aromatic nitrogens is 4. The van der Waals surface area contributed by atoms with E-state index < -0.39 is 11.7 Å². The molecule has 0 spiro atoms. The Hall–Kier alpha value is -3.24. The molecule has 29 heavy (non-hydrogen) atoms. The van der Waals surface area contributed by atoms with Crippen molar-refractivity contribution in [2.24, 2.45) is 5.73 Å². The van der Waals surface area contributed by atoms with Gasteiger partial charge < -0.3 is 21.1 Å². The molecule has 0 saturated carbocycles. The number of rotatable bonds is 9. The van der Waals surface area contributed by atoms with Gasteiger partial charge in [-0.1, -0.05) is 17.7 Å². The number of anilines is 3. The Bertz CT molecular complexity index is 991. The van der Waals surface area contributed by atoms with Crippen molar-refractivity contribution in [1.29, 1.82) is 0 Å². The van der Waals surface area contributed by atoms with Gasteiger partial charge in [0, 0.05) is 36.6 Å². The first-order chi connectivity index (χ1) is 14.0. The number of hydrogen-bond acceptors (Lipinski definition) is 7. The Balaban J connectivity index is 1.79. The minimum atomic E-state index is -0.717. The molecule has 0 atom stereocenters. The molecule has 9 nitrogen and oxygen atoms in total. The molecule has 0 radical (unpaired) electrons. The van der Waals surface area contributed by atoms with E-state index in [0.29, 0.717) is 18.8 Å². The highest BCUT2D eigenvalue weighted by molar-refractivity contribution is 6.31. The van der Waals surface area contributed by atoms with Gasteiger partial charge in [-0.05, 0) is 12.1 Å². The van der Waals surface area contributed by atoms with Gasteiger partial charge in [0.2, 0.25) is 5.95 Å². The molecule has 2 heterocycles. The minimum Gasteiger partial charge on any atom is -0.383 e. The Labute approximate surface area is 171 Å². The molecule has 3 aromatic rings. The molecule has 2 aromatic heterocycles. The van der Waals surface area contributed by atoms with Crippen LogP contribution in [0.1, 0.15) is 15.9 Å². The van der Waals surface area contributed by atoms with Crippen molar-refractivity contribution in [1.82, 2.24) is 19.7 Å².